The molecule has 44 heavy (non-hydrogen) atoms. The zero-order chi connectivity index (χ0) is 32.3. The molecule has 0 aliphatic carbocycles. The monoisotopic (exact) mass is 627 g/mol. The summed E-state index contributed by atoms with van der Waals surface area (Å²) in [5.41, 5.74) is -3.71. The zero-order valence-electron chi connectivity index (χ0n) is 22.3. The number of ether oxygens (including phenoxy) is 1. The van der Waals surface area contributed by atoms with Crippen LogP contribution in [0.1, 0.15) is 38.2 Å². The van der Waals surface area contributed by atoms with Crippen LogP contribution in [0.25, 0.3) is 0 Å². The van der Waals surface area contributed by atoms with Crippen molar-refractivity contribution in [2.75, 3.05) is 0 Å². The van der Waals surface area contributed by atoms with Gasteiger partial charge in [-0.1, -0.05) is 54.6 Å². The first-order valence-corrected chi connectivity index (χ1v) is 12.7. The minimum absolute atomic E-state index is 0.127. The molecule has 4 rings (SSSR count). The molecule has 0 heterocycles. The minimum atomic E-state index is -5.16. The summed E-state index contributed by atoms with van der Waals surface area (Å²) < 4.78 is 127. The van der Waals surface area contributed by atoms with Crippen LogP contribution in [0.5, 0.6) is 5.75 Å². The lowest BCUT2D eigenvalue weighted by molar-refractivity contribution is -0.253. The third kappa shape index (κ3) is 7.16. The summed E-state index contributed by atoms with van der Waals surface area (Å²) in [7, 11) is 0. The molecular formula is C31H22F9NO3. The van der Waals surface area contributed by atoms with E-state index in [4.69, 9.17) is 0 Å². The Morgan fingerprint density at radius 1 is 0.795 bits per heavy atom. The van der Waals surface area contributed by atoms with E-state index in [2.05, 4.69) is 10.1 Å². The van der Waals surface area contributed by atoms with Gasteiger partial charge in [-0.3, -0.25) is 4.79 Å². The molecule has 13 heteroatoms. The van der Waals surface area contributed by atoms with E-state index in [1.165, 1.54) is 24.3 Å². The van der Waals surface area contributed by atoms with E-state index >= 15 is 0 Å². The molecule has 0 spiro atoms. The Morgan fingerprint density at radius 2 is 1.45 bits per heavy atom. The van der Waals surface area contributed by atoms with E-state index in [0.717, 1.165) is 18.2 Å². The second-order valence-corrected chi connectivity index (χ2v) is 9.71. The Bertz CT molecular complexity index is 1610. The molecule has 1 atom stereocenters. The Labute approximate surface area is 244 Å². The van der Waals surface area contributed by atoms with Crippen molar-refractivity contribution in [3.8, 4) is 5.75 Å². The molecule has 0 saturated carbocycles. The molecule has 4 aromatic carbocycles. The molecule has 0 aliphatic heterocycles. The van der Waals surface area contributed by atoms with Gasteiger partial charge in [-0.05, 0) is 52.6 Å². The summed E-state index contributed by atoms with van der Waals surface area (Å²) in [5, 5.41) is 12.1. The molecular weight excluding hydrogens is 605 g/mol. The van der Waals surface area contributed by atoms with Gasteiger partial charge in [0.2, 0.25) is 0 Å². The van der Waals surface area contributed by atoms with Crippen molar-refractivity contribution >= 4 is 5.91 Å². The van der Waals surface area contributed by atoms with Gasteiger partial charge in [-0.2, -0.15) is 30.7 Å². The summed E-state index contributed by atoms with van der Waals surface area (Å²) in [6, 6.07) is 17.2. The summed E-state index contributed by atoms with van der Waals surface area (Å²) in [5.74, 6) is -5.12. The fourth-order valence-corrected chi connectivity index (χ4v) is 4.58. The highest BCUT2D eigenvalue weighted by molar-refractivity contribution is 5.95. The number of carbonyl (C=O) groups excluding carboxylic acids is 1. The molecule has 4 nitrogen and oxygen atoms in total. The Balaban J connectivity index is 1.96. The number of alkyl halides is 7. The number of aliphatic hydroxyl groups is 1. The fraction of sp³-hybridized carbons (Fsp3) is 0.194. The number of amides is 1. The third-order valence-electron chi connectivity index (χ3n) is 6.67. The van der Waals surface area contributed by atoms with Gasteiger partial charge in [-0.15, -0.1) is 0 Å². The standard InChI is InChI=1S/C31H22F9NO3/c32-23-13-22(14-24(15-23)44-31(39,40)28(34)35)29(16-18-4-2-1-3-5-18,21-9-6-19(17-42)7-10-21)41-27(43)20-8-11-26(33)25(12-20)30(36,37)38/h1-15,28,42H,16-17H2,(H,41,43)/t29-/m1/s1. The number of aliphatic hydroxyl groups excluding tert-OH is 1. The van der Waals surface area contributed by atoms with Gasteiger partial charge in [0.1, 0.15) is 17.4 Å². The number of hydrogen-bond acceptors (Lipinski definition) is 3. The molecule has 2 N–H and O–H groups in total. The van der Waals surface area contributed by atoms with Crippen molar-refractivity contribution in [3.63, 3.8) is 0 Å². The van der Waals surface area contributed by atoms with Crippen molar-refractivity contribution in [1.29, 1.82) is 0 Å². The molecule has 0 saturated heterocycles. The molecule has 0 aliphatic rings. The second-order valence-electron chi connectivity index (χ2n) is 9.71. The first-order valence-electron chi connectivity index (χ1n) is 12.7. The number of rotatable bonds is 10. The number of carbonyl (C=O) groups is 1. The van der Waals surface area contributed by atoms with Crippen molar-refractivity contribution < 1.29 is 54.2 Å². The average Bonchev–Trinajstić information content (AvgIpc) is 2.96. The quantitative estimate of drug-likeness (QED) is 0.178. The molecule has 4 aromatic rings. The van der Waals surface area contributed by atoms with Crippen LogP contribution < -0.4 is 10.1 Å². The molecule has 0 radical (unpaired) electrons. The van der Waals surface area contributed by atoms with Gasteiger partial charge >= 0.3 is 18.7 Å². The first-order chi connectivity index (χ1) is 20.6. The summed E-state index contributed by atoms with van der Waals surface area (Å²) >= 11 is 0. The number of hydrogen-bond donors (Lipinski definition) is 2. The summed E-state index contributed by atoms with van der Waals surface area (Å²) in [6.07, 6.45) is -14.7. The Morgan fingerprint density at radius 3 is 2.05 bits per heavy atom. The molecule has 1 amide bonds. The number of benzene rings is 4. The van der Waals surface area contributed by atoms with E-state index < -0.39 is 65.3 Å². The Kier molecular flexibility index (Phi) is 9.28. The average molecular weight is 628 g/mol. The molecule has 232 valence electrons. The maximum absolute atomic E-state index is 15.0. The SMILES string of the molecule is O=C(N[C@](Cc1ccccc1)(c1ccc(CO)cc1)c1cc(F)cc(OC(F)(F)C(F)F)c1)c1ccc(F)c(C(F)(F)F)c1. The molecule has 0 unspecified atom stereocenters. The maximum atomic E-state index is 15.0. The van der Waals surface area contributed by atoms with Crippen molar-refractivity contribution in [3.05, 3.63) is 136 Å². The van der Waals surface area contributed by atoms with Gasteiger partial charge in [0.25, 0.3) is 5.91 Å². The van der Waals surface area contributed by atoms with E-state index in [-0.39, 0.29) is 23.6 Å². The molecule has 0 aromatic heterocycles. The molecule has 0 bridgehead atoms. The predicted molar refractivity (Wildman–Crippen MR) is 140 cm³/mol. The molecule has 0 fully saturated rings. The predicted octanol–water partition coefficient (Wildman–Crippen LogP) is 7.63. The van der Waals surface area contributed by atoms with Crippen LogP contribution in [0.4, 0.5) is 39.5 Å². The highest BCUT2D eigenvalue weighted by Crippen LogP contribution is 2.39. The maximum Gasteiger partial charge on any atom is 0.461 e. The van der Waals surface area contributed by atoms with E-state index in [1.807, 2.05) is 0 Å². The summed E-state index contributed by atoms with van der Waals surface area (Å²) in [4.78, 5) is 13.6. The number of nitrogens with one attached hydrogen (secondary N) is 1. The topological polar surface area (TPSA) is 58.6 Å². The third-order valence-corrected chi connectivity index (χ3v) is 6.67. The lowest BCUT2D eigenvalue weighted by Crippen LogP contribution is -2.49. The van der Waals surface area contributed by atoms with Crippen LogP contribution >= 0.6 is 0 Å². The van der Waals surface area contributed by atoms with Crippen LogP contribution in [0.15, 0.2) is 91.0 Å². The largest absolute Gasteiger partial charge is 0.461 e. The summed E-state index contributed by atoms with van der Waals surface area (Å²) in [6.45, 7) is -0.408. The minimum Gasteiger partial charge on any atom is -0.428 e. The zero-order valence-corrected chi connectivity index (χ0v) is 22.3. The van der Waals surface area contributed by atoms with E-state index in [1.54, 1.807) is 30.3 Å². The van der Waals surface area contributed by atoms with Gasteiger partial charge in [0.05, 0.1) is 17.7 Å². The smallest absolute Gasteiger partial charge is 0.428 e. The van der Waals surface area contributed by atoms with Crippen molar-refractivity contribution in [2.24, 2.45) is 0 Å². The van der Waals surface area contributed by atoms with Crippen LogP contribution in [-0.2, 0) is 24.7 Å². The van der Waals surface area contributed by atoms with Crippen LogP contribution in [0, 0.1) is 11.6 Å². The highest BCUT2D eigenvalue weighted by Gasteiger charge is 2.45. The van der Waals surface area contributed by atoms with Crippen LogP contribution in [-0.4, -0.2) is 23.5 Å². The first kappa shape index (κ1) is 32.4. The van der Waals surface area contributed by atoms with Crippen molar-refractivity contribution in [1.82, 2.24) is 5.32 Å². The van der Waals surface area contributed by atoms with Gasteiger partial charge < -0.3 is 15.2 Å². The van der Waals surface area contributed by atoms with Crippen LogP contribution in [0.2, 0.25) is 0 Å². The van der Waals surface area contributed by atoms with E-state index in [9.17, 15) is 49.4 Å². The van der Waals surface area contributed by atoms with E-state index in [0.29, 0.717) is 23.3 Å². The lowest BCUT2D eigenvalue weighted by Gasteiger charge is -2.37. The van der Waals surface area contributed by atoms with Crippen LogP contribution in [0.3, 0.4) is 0 Å². The van der Waals surface area contributed by atoms with Gasteiger partial charge in [0, 0.05) is 18.1 Å². The highest BCUT2D eigenvalue weighted by atomic mass is 19.4. The normalized spacial score (nSPS) is 13.4. The van der Waals surface area contributed by atoms with Gasteiger partial charge in [0.15, 0.2) is 0 Å². The van der Waals surface area contributed by atoms with Gasteiger partial charge in [-0.25, -0.2) is 8.78 Å². The number of halogens is 9. The fourth-order valence-electron chi connectivity index (χ4n) is 4.58. The Hall–Kier alpha value is -4.52. The second kappa shape index (κ2) is 12.6. The van der Waals surface area contributed by atoms with Crippen molar-refractivity contribution in [2.45, 2.75) is 37.3 Å². The lowest BCUT2D eigenvalue weighted by atomic mass is 9.77.